The van der Waals surface area contributed by atoms with Gasteiger partial charge in [-0.25, -0.2) is 0 Å². The van der Waals surface area contributed by atoms with Gasteiger partial charge in [-0.2, -0.15) is 0 Å². The predicted octanol–water partition coefficient (Wildman–Crippen LogP) is 2.21. The third-order valence-electron chi connectivity index (χ3n) is 2.76. The maximum Gasteiger partial charge on any atom is 0.264 e. The Hall–Kier alpha value is -0.580. The van der Waals surface area contributed by atoms with Crippen LogP contribution < -0.4 is 5.73 Å². The lowest BCUT2D eigenvalue weighted by Gasteiger charge is -2.34. The Kier molecular flexibility index (Phi) is 3.52. The van der Waals surface area contributed by atoms with E-state index in [-0.39, 0.29) is 11.9 Å². The average molecular weight is 259 g/mol. The molecule has 2 unspecified atom stereocenters. The Labute approximate surface area is 104 Å². The van der Waals surface area contributed by atoms with Gasteiger partial charge in [-0.05, 0) is 24.5 Å². The predicted molar refractivity (Wildman–Crippen MR) is 67.0 cm³/mol. The first-order valence-electron chi connectivity index (χ1n) is 5.36. The number of carbonyl (C=O) groups is 1. The van der Waals surface area contributed by atoms with Gasteiger partial charge in [-0.3, -0.25) is 4.79 Å². The van der Waals surface area contributed by atoms with E-state index in [1.165, 1.54) is 11.3 Å². The van der Waals surface area contributed by atoms with E-state index in [9.17, 15) is 4.79 Å². The van der Waals surface area contributed by atoms with E-state index in [4.69, 9.17) is 17.3 Å². The largest absolute Gasteiger partial charge is 0.336 e. The number of amides is 1. The highest BCUT2D eigenvalue weighted by Crippen LogP contribution is 2.24. The molecule has 1 aromatic rings. The SMILES string of the molecule is CC1CC(N)CN(C(=O)c2ccc(Cl)s2)C1. The quantitative estimate of drug-likeness (QED) is 0.840. The van der Waals surface area contributed by atoms with Gasteiger partial charge in [0.15, 0.2) is 0 Å². The normalized spacial score (nSPS) is 25.8. The van der Waals surface area contributed by atoms with Gasteiger partial charge in [0, 0.05) is 19.1 Å². The number of nitrogens with two attached hydrogens (primary N) is 1. The van der Waals surface area contributed by atoms with Crippen molar-refractivity contribution in [2.24, 2.45) is 11.7 Å². The molecule has 0 aliphatic carbocycles. The van der Waals surface area contributed by atoms with E-state index >= 15 is 0 Å². The maximum absolute atomic E-state index is 12.1. The zero-order chi connectivity index (χ0) is 11.7. The number of likely N-dealkylation sites (tertiary alicyclic amines) is 1. The van der Waals surface area contributed by atoms with Crippen molar-refractivity contribution in [1.82, 2.24) is 4.90 Å². The lowest BCUT2D eigenvalue weighted by Crippen LogP contribution is -2.48. The van der Waals surface area contributed by atoms with Crippen molar-refractivity contribution < 1.29 is 4.79 Å². The molecule has 0 saturated carbocycles. The Balaban J connectivity index is 2.09. The molecule has 1 aromatic heterocycles. The van der Waals surface area contributed by atoms with Crippen molar-refractivity contribution in [3.63, 3.8) is 0 Å². The van der Waals surface area contributed by atoms with Crippen LogP contribution in [0.4, 0.5) is 0 Å². The third-order valence-corrected chi connectivity index (χ3v) is 3.98. The highest BCUT2D eigenvalue weighted by Gasteiger charge is 2.26. The molecule has 0 bridgehead atoms. The fourth-order valence-electron chi connectivity index (χ4n) is 2.15. The van der Waals surface area contributed by atoms with Gasteiger partial charge < -0.3 is 10.6 Å². The average Bonchev–Trinajstić information content (AvgIpc) is 2.62. The molecule has 2 rings (SSSR count). The number of hydrogen-bond acceptors (Lipinski definition) is 3. The summed E-state index contributed by atoms with van der Waals surface area (Å²) in [5.74, 6) is 0.530. The summed E-state index contributed by atoms with van der Waals surface area (Å²) in [6, 6.07) is 3.63. The first-order valence-corrected chi connectivity index (χ1v) is 6.56. The van der Waals surface area contributed by atoms with E-state index in [0.717, 1.165) is 13.0 Å². The number of carbonyl (C=O) groups excluding carboxylic acids is 1. The van der Waals surface area contributed by atoms with Crippen LogP contribution >= 0.6 is 22.9 Å². The standard InChI is InChI=1S/C11H15ClN2OS/c1-7-4-8(13)6-14(5-7)11(15)9-2-3-10(12)16-9/h2-3,7-8H,4-6,13H2,1H3. The third kappa shape index (κ3) is 2.56. The minimum Gasteiger partial charge on any atom is -0.336 e. The number of thiophene rings is 1. The molecule has 1 amide bonds. The van der Waals surface area contributed by atoms with Gasteiger partial charge in [0.05, 0.1) is 9.21 Å². The molecule has 1 aliphatic rings. The molecule has 2 heterocycles. The van der Waals surface area contributed by atoms with Crippen LogP contribution in [0, 0.1) is 5.92 Å². The first-order chi connectivity index (χ1) is 7.56. The summed E-state index contributed by atoms with van der Waals surface area (Å²) in [6.45, 7) is 3.57. The highest BCUT2D eigenvalue weighted by molar-refractivity contribution is 7.17. The summed E-state index contributed by atoms with van der Waals surface area (Å²) in [5.41, 5.74) is 5.92. The number of halogens is 1. The van der Waals surface area contributed by atoms with Crippen LogP contribution in [0.2, 0.25) is 4.34 Å². The highest BCUT2D eigenvalue weighted by atomic mass is 35.5. The van der Waals surface area contributed by atoms with E-state index in [0.29, 0.717) is 21.7 Å². The Morgan fingerprint density at radius 2 is 2.31 bits per heavy atom. The minimum absolute atomic E-state index is 0.0545. The van der Waals surface area contributed by atoms with Gasteiger partial charge in [-0.1, -0.05) is 18.5 Å². The zero-order valence-electron chi connectivity index (χ0n) is 9.15. The summed E-state index contributed by atoms with van der Waals surface area (Å²) >= 11 is 7.15. The molecule has 1 fully saturated rings. The summed E-state index contributed by atoms with van der Waals surface area (Å²) in [4.78, 5) is 14.7. The lowest BCUT2D eigenvalue weighted by atomic mass is 9.96. The topological polar surface area (TPSA) is 46.3 Å². The van der Waals surface area contributed by atoms with Gasteiger partial charge >= 0.3 is 0 Å². The van der Waals surface area contributed by atoms with Crippen LogP contribution in [0.25, 0.3) is 0 Å². The maximum atomic E-state index is 12.1. The van der Waals surface area contributed by atoms with Crippen LogP contribution in [0.5, 0.6) is 0 Å². The monoisotopic (exact) mass is 258 g/mol. The Morgan fingerprint density at radius 1 is 1.56 bits per heavy atom. The van der Waals surface area contributed by atoms with Crippen molar-refractivity contribution in [3.05, 3.63) is 21.3 Å². The Bertz CT molecular complexity index is 383. The van der Waals surface area contributed by atoms with Gasteiger partial charge in [0.1, 0.15) is 0 Å². The molecule has 2 atom stereocenters. The number of nitrogens with zero attached hydrogens (tertiary/aromatic N) is 1. The Morgan fingerprint density at radius 3 is 2.88 bits per heavy atom. The molecule has 16 heavy (non-hydrogen) atoms. The molecule has 0 aromatic carbocycles. The van der Waals surface area contributed by atoms with Crippen molar-refractivity contribution in [1.29, 1.82) is 0 Å². The second kappa shape index (κ2) is 4.73. The van der Waals surface area contributed by atoms with E-state index in [2.05, 4.69) is 6.92 Å². The summed E-state index contributed by atoms with van der Waals surface area (Å²) < 4.78 is 0.651. The number of hydrogen-bond donors (Lipinski definition) is 1. The second-order valence-corrected chi connectivity index (χ2v) is 6.13. The van der Waals surface area contributed by atoms with Crippen LogP contribution in [0.1, 0.15) is 23.0 Å². The molecule has 88 valence electrons. The molecule has 0 spiro atoms. The molecule has 5 heteroatoms. The van der Waals surface area contributed by atoms with E-state index in [1.807, 2.05) is 4.90 Å². The molecular weight excluding hydrogens is 244 g/mol. The summed E-state index contributed by atoms with van der Waals surface area (Å²) in [6.07, 6.45) is 0.995. The zero-order valence-corrected chi connectivity index (χ0v) is 10.7. The first kappa shape index (κ1) is 11.9. The molecule has 2 N–H and O–H groups in total. The fraction of sp³-hybridized carbons (Fsp3) is 0.545. The van der Waals surface area contributed by atoms with Crippen LogP contribution in [0.3, 0.4) is 0 Å². The van der Waals surface area contributed by atoms with Crippen LogP contribution in [-0.2, 0) is 0 Å². The second-order valence-electron chi connectivity index (χ2n) is 4.41. The molecular formula is C11H15ClN2OS. The van der Waals surface area contributed by atoms with E-state index in [1.54, 1.807) is 12.1 Å². The minimum atomic E-state index is 0.0545. The molecule has 1 aliphatic heterocycles. The van der Waals surface area contributed by atoms with Crippen molar-refractivity contribution in [3.8, 4) is 0 Å². The van der Waals surface area contributed by atoms with Crippen molar-refractivity contribution in [2.45, 2.75) is 19.4 Å². The van der Waals surface area contributed by atoms with Gasteiger partial charge in [0.25, 0.3) is 5.91 Å². The van der Waals surface area contributed by atoms with Gasteiger partial charge in [-0.15, -0.1) is 11.3 Å². The fourth-order valence-corrected chi connectivity index (χ4v) is 3.16. The smallest absolute Gasteiger partial charge is 0.264 e. The van der Waals surface area contributed by atoms with Gasteiger partial charge in [0.2, 0.25) is 0 Å². The van der Waals surface area contributed by atoms with Crippen LogP contribution in [-0.4, -0.2) is 29.9 Å². The number of piperidine rings is 1. The van der Waals surface area contributed by atoms with Crippen LogP contribution in [0.15, 0.2) is 12.1 Å². The van der Waals surface area contributed by atoms with E-state index < -0.39 is 0 Å². The molecule has 1 saturated heterocycles. The summed E-state index contributed by atoms with van der Waals surface area (Å²) in [5, 5.41) is 0. The number of rotatable bonds is 1. The van der Waals surface area contributed by atoms with Crippen molar-refractivity contribution in [2.75, 3.05) is 13.1 Å². The van der Waals surface area contributed by atoms with Crippen molar-refractivity contribution >= 4 is 28.8 Å². The lowest BCUT2D eigenvalue weighted by molar-refractivity contribution is 0.0666. The molecule has 3 nitrogen and oxygen atoms in total. The summed E-state index contributed by atoms with van der Waals surface area (Å²) in [7, 11) is 0. The molecule has 0 radical (unpaired) electrons.